The first kappa shape index (κ1) is 25.2. The summed E-state index contributed by atoms with van der Waals surface area (Å²) in [6, 6.07) is 7.03. The fourth-order valence-electron chi connectivity index (χ4n) is 3.07. The van der Waals surface area contributed by atoms with Gasteiger partial charge in [-0.3, -0.25) is 9.59 Å². The van der Waals surface area contributed by atoms with Crippen molar-refractivity contribution in [3.63, 3.8) is 0 Å². The Hall–Kier alpha value is -2.05. The lowest BCUT2D eigenvalue weighted by atomic mass is 9.92. The maximum absolute atomic E-state index is 12.9. The molecule has 0 aliphatic heterocycles. The van der Waals surface area contributed by atoms with Crippen LogP contribution in [0.1, 0.15) is 60.1 Å². The highest BCUT2D eigenvalue weighted by Gasteiger charge is 2.23. The van der Waals surface area contributed by atoms with Crippen LogP contribution in [0.3, 0.4) is 0 Å². The number of nitrogens with one attached hydrogen (secondary N) is 1. The minimum atomic E-state index is -0.272. The molecule has 0 unspecified atom stereocenters. The minimum Gasteiger partial charge on any atom is -0.333 e. The van der Waals surface area contributed by atoms with Crippen LogP contribution < -0.4 is 5.32 Å². The van der Waals surface area contributed by atoms with Crippen molar-refractivity contribution in [1.82, 2.24) is 14.7 Å². The summed E-state index contributed by atoms with van der Waals surface area (Å²) in [5.41, 5.74) is 1.28. The summed E-state index contributed by atoms with van der Waals surface area (Å²) in [6.07, 6.45) is 1.17. The van der Waals surface area contributed by atoms with Crippen molar-refractivity contribution in [2.24, 2.45) is 5.92 Å². The molecule has 2 rings (SSSR count). The van der Waals surface area contributed by atoms with Gasteiger partial charge in [-0.1, -0.05) is 64.7 Å². The monoisotopic (exact) mass is 466 g/mol. The molecule has 2 aromatic rings. The summed E-state index contributed by atoms with van der Waals surface area (Å²) in [6.45, 7) is 12.7. The van der Waals surface area contributed by atoms with Gasteiger partial charge in [0.15, 0.2) is 0 Å². The van der Waals surface area contributed by atoms with Crippen LogP contribution in [0.5, 0.6) is 0 Å². The molecule has 0 saturated heterocycles. The molecule has 0 aliphatic rings. The number of rotatable bonds is 8. The van der Waals surface area contributed by atoms with Gasteiger partial charge < -0.3 is 10.2 Å². The normalized spacial score (nSPS) is 11.6. The van der Waals surface area contributed by atoms with E-state index in [4.69, 9.17) is 23.2 Å². The summed E-state index contributed by atoms with van der Waals surface area (Å²) in [5.74, 6) is 0.495. The molecule has 0 atom stereocenters. The lowest BCUT2D eigenvalue weighted by Gasteiger charge is -2.24. The number of amides is 2. The van der Waals surface area contributed by atoms with E-state index in [9.17, 15) is 9.59 Å². The Bertz CT molecular complexity index is 932. The average Bonchev–Trinajstić information content (AvgIpc) is 3.07. The van der Waals surface area contributed by atoms with Crippen molar-refractivity contribution in [2.45, 2.75) is 59.8 Å². The van der Waals surface area contributed by atoms with E-state index in [1.165, 1.54) is 0 Å². The third-order valence-electron chi connectivity index (χ3n) is 4.63. The van der Waals surface area contributed by atoms with Gasteiger partial charge >= 0.3 is 0 Å². The molecule has 31 heavy (non-hydrogen) atoms. The predicted octanol–water partition coefficient (Wildman–Crippen LogP) is 5.70. The molecule has 1 aromatic heterocycles. The van der Waals surface area contributed by atoms with Crippen LogP contribution in [-0.2, 0) is 15.0 Å². The first-order chi connectivity index (χ1) is 14.4. The van der Waals surface area contributed by atoms with Gasteiger partial charge in [-0.15, -0.1) is 0 Å². The summed E-state index contributed by atoms with van der Waals surface area (Å²) in [5, 5.41) is 8.46. The van der Waals surface area contributed by atoms with E-state index in [1.807, 2.05) is 47.6 Å². The van der Waals surface area contributed by atoms with Gasteiger partial charge in [0.2, 0.25) is 11.8 Å². The smallest absolute Gasteiger partial charge is 0.245 e. The molecule has 0 aliphatic carbocycles. The topological polar surface area (TPSA) is 67.2 Å². The van der Waals surface area contributed by atoms with Crippen LogP contribution in [0.15, 0.2) is 24.3 Å². The van der Waals surface area contributed by atoms with Crippen molar-refractivity contribution < 1.29 is 9.59 Å². The number of hydrogen-bond acceptors (Lipinski definition) is 3. The molecule has 0 bridgehead atoms. The molecule has 2 amide bonds. The molecular weight excluding hydrogens is 435 g/mol. The highest BCUT2D eigenvalue weighted by atomic mass is 35.5. The second-order valence-electron chi connectivity index (χ2n) is 9.14. The molecule has 8 heteroatoms. The van der Waals surface area contributed by atoms with E-state index >= 15 is 0 Å². The maximum atomic E-state index is 12.9. The Kier molecular flexibility index (Phi) is 8.55. The number of nitrogens with zero attached hydrogens (tertiary/aromatic N) is 3. The van der Waals surface area contributed by atoms with Crippen LogP contribution in [0.2, 0.25) is 10.0 Å². The number of carbonyl (C=O) groups is 2. The number of hydrogen-bond donors (Lipinski definition) is 1. The third kappa shape index (κ3) is 6.97. The second-order valence-corrected chi connectivity index (χ2v) is 9.96. The summed E-state index contributed by atoms with van der Waals surface area (Å²) in [7, 11) is 0. The Morgan fingerprint density at radius 2 is 1.84 bits per heavy atom. The van der Waals surface area contributed by atoms with E-state index in [0.29, 0.717) is 34.5 Å². The van der Waals surface area contributed by atoms with Crippen LogP contribution in [0.25, 0.3) is 5.69 Å². The molecule has 1 aromatic carbocycles. The van der Waals surface area contributed by atoms with Crippen LogP contribution in [0.4, 0.5) is 5.82 Å². The second kappa shape index (κ2) is 10.5. The Morgan fingerprint density at radius 3 is 2.39 bits per heavy atom. The van der Waals surface area contributed by atoms with Gasteiger partial charge in [0, 0.05) is 24.4 Å². The van der Waals surface area contributed by atoms with Gasteiger partial charge in [-0.2, -0.15) is 5.10 Å². The maximum Gasteiger partial charge on any atom is 0.245 e. The predicted molar refractivity (Wildman–Crippen MR) is 127 cm³/mol. The van der Waals surface area contributed by atoms with Gasteiger partial charge in [0.1, 0.15) is 5.82 Å². The molecule has 0 saturated carbocycles. The van der Waals surface area contributed by atoms with E-state index in [0.717, 1.165) is 12.1 Å². The standard InChI is InChI=1S/C23H32Cl2N4O2/c1-7-8-22(31)28(13-15(2)3)14-21(30)26-20-12-19(23(4,5)6)27-29(20)16-9-10-17(24)18(25)11-16/h9-12,15H,7-8,13-14H2,1-6H3,(H,26,30). The van der Waals surface area contributed by atoms with E-state index in [1.54, 1.807) is 27.8 Å². The van der Waals surface area contributed by atoms with Crippen LogP contribution in [-0.4, -0.2) is 39.6 Å². The molecule has 170 valence electrons. The molecule has 1 N–H and O–H groups in total. The quantitative estimate of drug-likeness (QED) is 0.542. The Morgan fingerprint density at radius 1 is 1.16 bits per heavy atom. The van der Waals surface area contributed by atoms with Crippen molar-refractivity contribution in [3.8, 4) is 5.69 Å². The Balaban J connectivity index is 2.33. The molecule has 1 heterocycles. The zero-order chi connectivity index (χ0) is 23.3. The van der Waals surface area contributed by atoms with Gasteiger partial charge in [0.05, 0.1) is 28.0 Å². The first-order valence-electron chi connectivity index (χ1n) is 10.6. The first-order valence-corrected chi connectivity index (χ1v) is 11.3. The van der Waals surface area contributed by atoms with Crippen LogP contribution in [0, 0.1) is 5.92 Å². The van der Waals surface area contributed by atoms with Gasteiger partial charge in [-0.25, -0.2) is 4.68 Å². The molecule has 0 fully saturated rings. The van der Waals surface area contributed by atoms with E-state index in [2.05, 4.69) is 10.4 Å². The highest BCUT2D eigenvalue weighted by Crippen LogP contribution is 2.29. The third-order valence-corrected chi connectivity index (χ3v) is 5.37. The van der Waals surface area contributed by atoms with Crippen molar-refractivity contribution in [1.29, 1.82) is 0 Å². The fourth-order valence-corrected chi connectivity index (χ4v) is 3.37. The molecular formula is C23H32Cl2N4O2. The lowest BCUT2D eigenvalue weighted by Crippen LogP contribution is -2.40. The highest BCUT2D eigenvalue weighted by molar-refractivity contribution is 6.42. The van der Waals surface area contributed by atoms with Crippen molar-refractivity contribution >= 4 is 40.8 Å². The minimum absolute atomic E-state index is 0.00554. The number of benzene rings is 1. The summed E-state index contributed by atoms with van der Waals surface area (Å²) >= 11 is 12.3. The van der Waals surface area contributed by atoms with Gasteiger partial charge in [0.25, 0.3) is 0 Å². The lowest BCUT2D eigenvalue weighted by molar-refractivity contribution is -0.135. The molecule has 6 nitrogen and oxygen atoms in total. The average molecular weight is 467 g/mol. The summed E-state index contributed by atoms with van der Waals surface area (Å²) < 4.78 is 1.64. The van der Waals surface area contributed by atoms with Gasteiger partial charge in [-0.05, 0) is 30.5 Å². The fraction of sp³-hybridized carbons (Fsp3) is 0.522. The zero-order valence-electron chi connectivity index (χ0n) is 19.1. The van der Waals surface area contributed by atoms with E-state index in [-0.39, 0.29) is 29.7 Å². The largest absolute Gasteiger partial charge is 0.333 e. The SMILES string of the molecule is CCCC(=O)N(CC(=O)Nc1cc(C(C)(C)C)nn1-c1ccc(Cl)c(Cl)c1)CC(C)C. The number of halogens is 2. The zero-order valence-corrected chi connectivity index (χ0v) is 20.6. The van der Waals surface area contributed by atoms with Crippen LogP contribution >= 0.6 is 23.2 Å². The Labute approximate surface area is 194 Å². The molecule has 0 spiro atoms. The molecule has 0 radical (unpaired) electrons. The number of carbonyl (C=O) groups excluding carboxylic acids is 2. The summed E-state index contributed by atoms with van der Waals surface area (Å²) in [4.78, 5) is 27.0. The van der Waals surface area contributed by atoms with Crippen molar-refractivity contribution in [3.05, 3.63) is 40.0 Å². The van der Waals surface area contributed by atoms with E-state index < -0.39 is 0 Å². The number of aromatic nitrogens is 2. The van der Waals surface area contributed by atoms with Crippen molar-refractivity contribution in [2.75, 3.05) is 18.4 Å². The number of anilines is 1.